The number of nitrogens with zero attached hydrogens (tertiary/aromatic N) is 1. The van der Waals surface area contributed by atoms with Crippen molar-refractivity contribution in [2.24, 2.45) is 5.73 Å². The molecule has 0 radical (unpaired) electrons. The molecule has 98 valence electrons. The Bertz CT molecular complexity index is 541. The van der Waals surface area contributed by atoms with Crippen LogP contribution in [0, 0.1) is 0 Å². The number of benzene rings is 1. The minimum absolute atomic E-state index is 0.165. The van der Waals surface area contributed by atoms with Gasteiger partial charge in [0.15, 0.2) is 0 Å². The van der Waals surface area contributed by atoms with Gasteiger partial charge >= 0.3 is 0 Å². The Kier molecular flexibility index (Phi) is 3.62. The first-order chi connectivity index (χ1) is 8.54. The molecule has 1 unspecified atom stereocenters. The van der Waals surface area contributed by atoms with E-state index in [0.717, 1.165) is 12.2 Å². The second kappa shape index (κ2) is 5.02. The Morgan fingerprint density at radius 1 is 1.28 bits per heavy atom. The van der Waals surface area contributed by atoms with Crippen LogP contribution in [0.1, 0.15) is 32.5 Å². The molecule has 2 N–H and O–H groups in total. The zero-order valence-corrected chi connectivity index (χ0v) is 11.6. The summed E-state index contributed by atoms with van der Waals surface area (Å²) in [6, 6.07) is 8.95. The van der Waals surface area contributed by atoms with Crippen LogP contribution in [0.3, 0.4) is 0 Å². The van der Waals surface area contributed by atoms with Crippen molar-refractivity contribution in [1.29, 1.82) is 0 Å². The highest BCUT2D eigenvalue weighted by Crippen LogP contribution is 2.31. The van der Waals surface area contributed by atoms with Crippen LogP contribution >= 0.6 is 0 Å². The number of hydrogen-bond donors (Lipinski definition) is 1. The highest BCUT2D eigenvalue weighted by molar-refractivity contribution is 5.87. The van der Waals surface area contributed by atoms with Gasteiger partial charge in [-0.1, -0.05) is 12.1 Å². The van der Waals surface area contributed by atoms with E-state index >= 15 is 0 Å². The van der Waals surface area contributed by atoms with E-state index in [1.54, 1.807) is 7.11 Å². The van der Waals surface area contributed by atoms with Gasteiger partial charge in [-0.15, -0.1) is 0 Å². The first kappa shape index (κ1) is 13.0. The van der Waals surface area contributed by atoms with Gasteiger partial charge in [-0.2, -0.15) is 0 Å². The van der Waals surface area contributed by atoms with Crippen LogP contribution in [-0.2, 0) is 6.42 Å². The van der Waals surface area contributed by atoms with Crippen LogP contribution in [0.2, 0.25) is 0 Å². The summed E-state index contributed by atoms with van der Waals surface area (Å²) in [7, 11) is 1.72. The van der Waals surface area contributed by atoms with Crippen LogP contribution in [0.15, 0.2) is 24.3 Å². The molecule has 0 bridgehead atoms. The van der Waals surface area contributed by atoms with Crippen molar-refractivity contribution in [3.63, 3.8) is 0 Å². The molecule has 18 heavy (non-hydrogen) atoms. The lowest BCUT2D eigenvalue weighted by Gasteiger charge is -2.17. The molecule has 0 spiro atoms. The van der Waals surface area contributed by atoms with Crippen molar-refractivity contribution in [3.8, 4) is 5.75 Å². The molecule has 3 heteroatoms. The molecular formula is C15H22N2O. The van der Waals surface area contributed by atoms with E-state index in [4.69, 9.17) is 10.5 Å². The van der Waals surface area contributed by atoms with E-state index in [1.807, 2.05) is 19.1 Å². The quantitative estimate of drug-likeness (QED) is 0.900. The van der Waals surface area contributed by atoms with E-state index in [1.165, 1.54) is 16.6 Å². The Hall–Kier alpha value is -1.48. The first-order valence-corrected chi connectivity index (χ1v) is 6.47. The molecule has 0 fully saturated rings. The van der Waals surface area contributed by atoms with Crippen molar-refractivity contribution in [3.05, 3.63) is 30.0 Å². The van der Waals surface area contributed by atoms with Crippen molar-refractivity contribution in [2.75, 3.05) is 7.11 Å². The average molecular weight is 246 g/mol. The molecule has 1 heterocycles. The maximum atomic E-state index is 5.94. The third-order valence-corrected chi connectivity index (χ3v) is 3.17. The van der Waals surface area contributed by atoms with Crippen molar-refractivity contribution in [2.45, 2.75) is 39.3 Å². The fraction of sp³-hybridized carbons (Fsp3) is 0.467. The van der Waals surface area contributed by atoms with Gasteiger partial charge in [-0.3, -0.25) is 0 Å². The SMILES string of the molecule is COc1cccc2cc(CC(C)N)n(C(C)C)c12. The molecule has 0 saturated carbocycles. The van der Waals surface area contributed by atoms with Crippen molar-refractivity contribution in [1.82, 2.24) is 4.57 Å². The summed E-state index contributed by atoms with van der Waals surface area (Å²) in [6.45, 7) is 6.42. The summed E-state index contributed by atoms with van der Waals surface area (Å²) >= 11 is 0. The third-order valence-electron chi connectivity index (χ3n) is 3.17. The number of aromatic nitrogens is 1. The monoisotopic (exact) mass is 246 g/mol. The first-order valence-electron chi connectivity index (χ1n) is 6.47. The molecule has 1 aromatic heterocycles. The number of rotatable bonds is 4. The second-order valence-corrected chi connectivity index (χ2v) is 5.18. The lowest BCUT2D eigenvalue weighted by Crippen LogP contribution is -2.20. The van der Waals surface area contributed by atoms with Crippen LogP contribution in [0.4, 0.5) is 0 Å². The topological polar surface area (TPSA) is 40.2 Å². The van der Waals surface area contributed by atoms with E-state index in [2.05, 4.69) is 30.5 Å². The summed E-state index contributed by atoms with van der Waals surface area (Å²) in [5.74, 6) is 0.928. The smallest absolute Gasteiger partial charge is 0.143 e. The van der Waals surface area contributed by atoms with E-state index in [9.17, 15) is 0 Å². The summed E-state index contributed by atoms with van der Waals surface area (Å²) in [5, 5.41) is 1.22. The standard InChI is InChI=1S/C15H22N2O/c1-10(2)17-13(8-11(3)16)9-12-6-5-7-14(18-4)15(12)17/h5-7,9-11H,8,16H2,1-4H3. The van der Waals surface area contributed by atoms with Gasteiger partial charge in [0.1, 0.15) is 5.75 Å². The van der Waals surface area contributed by atoms with Crippen molar-refractivity contribution >= 4 is 10.9 Å². The lowest BCUT2D eigenvalue weighted by atomic mass is 10.2. The Morgan fingerprint density at radius 3 is 2.56 bits per heavy atom. The van der Waals surface area contributed by atoms with Gasteiger partial charge in [0.05, 0.1) is 12.6 Å². The van der Waals surface area contributed by atoms with E-state index in [-0.39, 0.29) is 6.04 Å². The number of nitrogens with two attached hydrogens (primary N) is 1. The molecular weight excluding hydrogens is 224 g/mol. The van der Waals surface area contributed by atoms with Gasteiger partial charge in [-0.05, 0) is 32.9 Å². The molecule has 0 aliphatic carbocycles. The number of fused-ring (bicyclic) bond motifs is 1. The minimum atomic E-state index is 0.165. The molecule has 1 atom stereocenters. The summed E-state index contributed by atoms with van der Waals surface area (Å²) in [6.07, 6.45) is 0.885. The predicted octanol–water partition coefficient (Wildman–Crippen LogP) is 3.12. The molecule has 1 aromatic carbocycles. The van der Waals surface area contributed by atoms with Gasteiger partial charge in [-0.25, -0.2) is 0 Å². The Morgan fingerprint density at radius 2 is 2.00 bits per heavy atom. The lowest BCUT2D eigenvalue weighted by molar-refractivity contribution is 0.415. The predicted molar refractivity (Wildman–Crippen MR) is 76.2 cm³/mol. The number of ether oxygens (including phenoxy) is 1. The molecule has 2 rings (SSSR count). The maximum absolute atomic E-state index is 5.94. The summed E-state index contributed by atoms with van der Waals surface area (Å²) in [5.41, 5.74) is 8.39. The van der Waals surface area contributed by atoms with Gasteiger partial charge in [0, 0.05) is 29.6 Å². The molecule has 3 nitrogen and oxygen atoms in total. The number of para-hydroxylation sites is 1. The summed E-state index contributed by atoms with van der Waals surface area (Å²) in [4.78, 5) is 0. The third kappa shape index (κ3) is 2.23. The molecule has 0 amide bonds. The van der Waals surface area contributed by atoms with Crippen LogP contribution < -0.4 is 10.5 Å². The van der Waals surface area contributed by atoms with Crippen LogP contribution in [0.25, 0.3) is 10.9 Å². The Labute approximate surface area is 109 Å². The normalized spacial score (nSPS) is 13.2. The van der Waals surface area contributed by atoms with Gasteiger partial charge < -0.3 is 15.0 Å². The Balaban J connectivity index is 2.68. The molecule has 0 saturated heterocycles. The molecule has 2 aromatic rings. The van der Waals surface area contributed by atoms with E-state index in [0.29, 0.717) is 6.04 Å². The van der Waals surface area contributed by atoms with E-state index < -0.39 is 0 Å². The zero-order chi connectivity index (χ0) is 13.3. The second-order valence-electron chi connectivity index (χ2n) is 5.18. The average Bonchev–Trinajstić information content (AvgIpc) is 2.65. The number of hydrogen-bond acceptors (Lipinski definition) is 2. The zero-order valence-electron chi connectivity index (χ0n) is 11.6. The van der Waals surface area contributed by atoms with Gasteiger partial charge in [0.2, 0.25) is 0 Å². The summed E-state index contributed by atoms with van der Waals surface area (Å²) < 4.78 is 7.82. The fourth-order valence-corrected chi connectivity index (χ4v) is 2.55. The number of methoxy groups -OCH3 is 1. The fourth-order valence-electron chi connectivity index (χ4n) is 2.55. The molecule has 0 aliphatic heterocycles. The largest absolute Gasteiger partial charge is 0.495 e. The van der Waals surface area contributed by atoms with Crippen LogP contribution in [-0.4, -0.2) is 17.7 Å². The van der Waals surface area contributed by atoms with Gasteiger partial charge in [0.25, 0.3) is 0 Å². The highest BCUT2D eigenvalue weighted by atomic mass is 16.5. The minimum Gasteiger partial charge on any atom is -0.495 e. The highest BCUT2D eigenvalue weighted by Gasteiger charge is 2.15. The van der Waals surface area contributed by atoms with Crippen LogP contribution in [0.5, 0.6) is 5.75 Å². The van der Waals surface area contributed by atoms with Crippen molar-refractivity contribution < 1.29 is 4.74 Å². The maximum Gasteiger partial charge on any atom is 0.143 e. The molecule has 0 aliphatic rings.